The molecule has 22 heavy (non-hydrogen) atoms. The number of esters is 1. The summed E-state index contributed by atoms with van der Waals surface area (Å²) in [5.41, 5.74) is 0.960. The maximum atomic E-state index is 11.9. The van der Waals surface area contributed by atoms with Gasteiger partial charge in [0, 0.05) is 0 Å². The Kier molecular flexibility index (Phi) is 4.71. The zero-order valence-electron chi connectivity index (χ0n) is 13.0. The molecule has 0 saturated heterocycles. The van der Waals surface area contributed by atoms with Crippen molar-refractivity contribution in [2.75, 3.05) is 0 Å². The first-order valence-electron chi connectivity index (χ1n) is 7.08. The van der Waals surface area contributed by atoms with E-state index in [1.165, 1.54) is 0 Å². The average molecular weight is 300 g/mol. The van der Waals surface area contributed by atoms with Crippen LogP contribution in [0.5, 0.6) is 11.5 Å². The molecule has 0 heterocycles. The van der Waals surface area contributed by atoms with E-state index in [9.17, 15) is 9.90 Å². The fraction of sp³-hybridized carbons (Fsp3) is 0.278. The lowest BCUT2D eigenvalue weighted by Gasteiger charge is -2.19. The van der Waals surface area contributed by atoms with E-state index in [1.54, 1.807) is 36.4 Å². The summed E-state index contributed by atoms with van der Waals surface area (Å²) in [7, 11) is 0. The van der Waals surface area contributed by atoms with Gasteiger partial charge in [-0.1, -0.05) is 12.1 Å². The number of aromatic hydroxyl groups is 1. The second-order valence-electron chi connectivity index (χ2n) is 5.98. The van der Waals surface area contributed by atoms with Crippen molar-refractivity contribution in [1.29, 1.82) is 0 Å². The molecule has 0 spiro atoms. The molecule has 0 aromatic heterocycles. The summed E-state index contributed by atoms with van der Waals surface area (Å²) in [5.74, 6) is 0.543. The highest BCUT2D eigenvalue weighted by molar-refractivity contribution is 5.89. The van der Waals surface area contributed by atoms with E-state index < -0.39 is 5.60 Å². The summed E-state index contributed by atoms with van der Waals surface area (Å²) in [6.07, 6.45) is 0. The first-order valence-corrected chi connectivity index (χ1v) is 7.08. The summed E-state index contributed by atoms with van der Waals surface area (Å²) >= 11 is 0. The van der Waals surface area contributed by atoms with Gasteiger partial charge in [0.1, 0.15) is 23.7 Å². The predicted octanol–water partition coefficient (Wildman–Crippen LogP) is 3.93. The van der Waals surface area contributed by atoms with Crippen molar-refractivity contribution in [3.8, 4) is 11.5 Å². The van der Waals surface area contributed by atoms with Gasteiger partial charge in [-0.25, -0.2) is 4.79 Å². The molecule has 0 unspecified atom stereocenters. The fourth-order valence-electron chi connectivity index (χ4n) is 1.78. The molecule has 2 rings (SSSR count). The van der Waals surface area contributed by atoms with E-state index in [2.05, 4.69) is 0 Å². The molecule has 0 amide bonds. The molecule has 0 aliphatic heterocycles. The normalized spacial score (nSPS) is 11.0. The third-order valence-corrected chi connectivity index (χ3v) is 2.83. The van der Waals surface area contributed by atoms with Gasteiger partial charge in [0.2, 0.25) is 0 Å². The monoisotopic (exact) mass is 300 g/mol. The Balaban J connectivity index is 1.94. The Hall–Kier alpha value is -2.49. The largest absolute Gasteiger partial charge is 0.508 e. The number of phenols is 1. The van der Waals surface area contributed by atoms with Crippen LogP contribution in [0.15, 0.2) is 48.5 Å². The molecule has 0 fully saturated rings. The summed E-state index contributed by atoms with van der Waals surface area (Å²) in [6, 6.07) is 13.7. The van der Waals surface area contributed by atoms with Gasteiger partial charge >= 0.3 is 5.97 Å². The molecule has 2 aromatic rings. The third kappa shape index (κ3) is 4.81. The smallest absolute Gasteiger partial charge is 0.338 e. The summed E-state index contributed by atoms with van der Waals surface area (Å²) in [5, 5.41) is 9.21. The van der Waals surface area contributed by atoms with Gasteiger partial charge in [-0.15, -0.1) is 0 Å². The van der Waals surface area contributed by atoms with Crippen LogP contribution in [-0.4, -0.2) is 16.7 Å². The molecule has 0 aliphatic carbocycles. The van der Waals surface area contributed by atoms with Crippen LogP contribution in [0.3, 0.4) is 0 Å². The highest BCUT2D eigenvalue weighted by Crippen LogP contribution is 2.18. The van der Waals surface area contributed by atoms with Gasteiger partial charge in [0.05, 0.1) is 5.56 Å². The van der Waals surface area contributed by atoms with E-state index in [4.69, 9.17) is 9.47 Å². The number of carbonyl (C=O) groups is 1. The molecule has 0 atom stereocenters. The molecular weight excluding hydrogens is 280 g/mol. The minimum absolute atomic E-state index is 0.203. The zero-order chi connectivity index (χ0) is 16.2. The zero-order valence-corrected chi connectivity index (χ0v) is 13.0. The molecule has 2 aromatic carbocycles. The van der Waals surface area contributed by atoms with Crippen molar-refractivity contribution in [3.63, 3.8) is 0 Å². The van der Waals surface area contributed by atoms with Gasteiger partial charge in [-0.05, 0) is 62.7 Å². The molecule has 116 valence electrons. The number of carbonyl (C=O) groups excluding carboxylic acids is 1. The van der Waals surface area contributed by atoms with Crippen LogP contribution in [-0.2, 0) is 11.3 Å². The average Bonchev–Trinajstić information content (AvgIpc) is 2.45. The van der Waals surface area contributed by atoms with Crippen LogP contribution < -0.4 is 4.74 Å². The molecule has 4 nitrogen and oxygen atoms in total. The SMILES string of the molecule is CC(C)(C)OC(=O)c1ccc(COc2ccc(O)cc2)cc1. The standard InChI is InChI=1S/C18H20O4/c1-18(2,3)22-17(20)14-6-4-13(5-7-14)12-21-16-10-8-15(19)9-11-16/h4-11,19H,12H2,1-3H3. The molecule has 0 radical (unpaired) electrons. The van der Waals surface area contributed by atoms with Crippen molar-refractivity contribution in [2.24, 2.45) is 0 Å². The van der Waals surface area contributed by atoms with Crippen LogP contribution >= 0.6 is 0 Å². The lowest BCUT2D eigenvalue weighted by molar-refractivity contribution is 0.00695. The highest BCUT2D eigenvalue weighted by Gasteiger charge is 2.17. The molecular formula is C18H20O4. The maximum absolute atomic E-state index is 11.9. The first kappa shape index (κ1) is 15.9. The number of phenolic OH excluding ortho intramolecular Hbond substituents is 1. The Morgan fingerprint density at radius 1 is 1.00 bits per heavy atom. The second kappa shape index (κ2) is 6.52. The van der Waals surface area contributed by atoms with Gasteiger partial charge in [0.25, 0.3) is 0 Å². The summed E-state index contributed by atoms with van der Waals surface area (Å²) in [6.45, 7) is 5.90. The number of ether oxygens (including phenoxy) is 2. The van der Waals surface area contributed by atoms with Crippen LogP contribution in [0.4, 0.5) is 0 Å². The van der Waals surface area contributed by atoms with Crippen LogP contribution in [0.2, 0.25) is 0 Å². The number of benzene rings is 2. The van der Waals surface area contributed by atoms with Crippen LogP contribution in [0.1, 0.15) is 36.7 Å². The molecule has 4 heteroatoms. The number of hydrogen-bond acceptors (Lipinski definition) is 4. The maximum Gasteiger partial charge on any atom is 0.338 e. The van der Waals surface area contributed by atoms with Crippen molar-refractivity contribution >= 4 is 5.97 Å². The van der Waals surface area contributed by atoms with Gasteiger partial charge in [0.15, 0.2) is 0 Å². The van der Waals surface area contributed by atoms with E-state index in [0.717, 1.165) is 5.56 Å². The molecule has 1 N–H and O–H groups in total. The highest BCUT2D eigenvalue weighted by atomic mass is 16.6. The molecule has 0 aliphatic rings. The Morgan fingerprint density at radius 3 is 2.14 bits per heavy atom. The van der Waals surface area contributed by atoms with Gasteiger partial charge in [-0.3, -0.25) is 0 Å². The van der Waals surface area contributed by atoms with E-state index >= 15 is 0 Å². The molecule has 0 bridgehead atoms. The van der Waals surface area contributed by atoms with Crippen molar-refractivity contribution in [3.05, 3.63) is 59.7 Å². The predicted molar refractivity (Wildman–Crippen MR) is 84.0 cm³/mol. The second-order valence-corrected chi connectivity index (χ2v) is 5.98. The van der Waals surface area contributed by atoms with Gasteiger partial charge < -0.3 is 14.6 Å². The van der Waals surface area contributed by atoms with E-state index in [1.807, 2.05) is 32.9 Å². The lowest BCUT2D eigenvalue weighted by Crippen LogP contribution is -2.23. The number of rotatable bonds is 4. The quantitative estimate of drug-likeness (QED) is 0.869. The third-order valence-electron chi connectivity index (χ3n) is 2.83. The minimum atomic E-state index is -0.502. The van der Waals surface area contributed by atoms with E-state index in [0.29, 0.717) is 17.9 Å². The van der Waals surface area contributed by atoms with Crippen molar-refractivity contribution in [2.45, 2.75) is 33.0 Å². The van der Waals surface area contributed by atoms with Gasteiger partial charge in [-0.2, -0.15) is 0 Å². The summed E-state index contributed by atoms with van der Waals surface area (Å²) < 4.78 is 10.9. The van der Waals surface area contributed by atoms with E-state index in [-0.39, 0.29) is 11.7 Å². The fourth-order valence-corrected chi connectivity index (χ4v) is 1.78. The van der Waals surface area contributed by atoms with Crippen molar-refractivity contribution in [1.82, 2.24) is 0 Å². The lowest BCUT2D eigenvalue weighted by atomic mass is 10.1. The van der Waals surface area contributed by atoms with Crippen molar-refractivity contribution < 1.29 is 19.4 Å². The topological polar surface area (TPSA) is 55.8 Å². The minimum Gasteiger partial charge on any atom is -0.508 e. The summed E-state index contributed by atoms with van der Waals surface area (Å²) in [4.78, 5) is 11.9. The van der Waals surface area contributed by atoms with Crippen LogP contribution in [0.25, 0.3) is 0 Å². The molecule has 0 saturated carbocycles. The Labute approximate surface area is 130 Å². The van der Waals surface area contributed by atoms with Crippen LogP contribution in [0, 0.1) is 0 Å². The first-order chi connectivity index (χ1) is 10.3. The number of hydrogen-bond donors (Lipinski definition) is 1. The Bertz CT molecular complexity index is 622. The Morgan fingerprint density at radius 2 is 1.59 bits per heavy atom.